The van der Waals surface area contributed by atoms with Crippen molar-refractivity contribution in [2.24, 2.45) is 5.92 Å². The SMILES string of the molecule is O=C(CN1CCNCC1)NCC1CCNCC1. The standard InChI is InChI=1S/C12H24N4O/c17-12(10-16-7-5-14-6-8-16)15-9-11-1-3-13-4-2-11/h11,13-14H,1-10H2,(H,15,17). The number of piperazine rings is 1. The molecular formula is C12H24N4O. The maximum atomic E-state index is 11.8. The molecule has 2 rings (SSSR count). The molecule has 2 aliphatic heterocycles. The van der Waals surface area contributed by atoms with Crippen molar-refractivity contribution in [3.05, 3.63) is 0 Å². The van der Waals surface area contributed by atoms with E-state index < -0.39 is 0 Å². The zero-order valence-electron chi connectivity index (χ0n) is 10.5. The number of piperidine rings is 1. The summed E-state index contributed by atoms with van der Waals surface area (Å²) < 4.78 is 0. The van der Waals surface area contributed by atoms with Crippen LogP contribution >= 0.6 is 0 Å². The highest BCUT2D eigenvalue weighted by atomic mass is 16.2. The van der Waals surface area contributed by atoms with Crippen LogP contribution < -0.4 is 16.0 Å². The molecule has 2 saturated heterocycles. The minimum absolute atomic E-state index is 0.186. The number of nitrogens with zero attached hydrogens (tertiary/aromatic N) is 1. The highest BCUT2D eigenvalue weighted by Crippen LogP contribution is 2.09. The van der Waals surface area contributed by atoms with Crippen LogP contribution in [0.1, 0.15) is 12.8 Å². The Morgan fingerprint density at radius 3 is 2.47 bits per heavy atom. The van der Waals surface area contributed by atoms with Crippen molar-refractivity contribution in [1.29, 1.82) is 0 Å². The third-order valence-corrected chi connectivity index (χ3v) is 3.62. The predicted molar refractivity (Wildman–Crippen MR) is 67.9 cm³/mol. The van der Waals surface area contributed by atoms with Crippen LogP contribution in [0.25, 0.3) is 0 Å². The van der Waals surface area contributed by atoms with Crippen molar-refractivity contribution in [1.82, 2.24) is 20.9 Å². The van der Waals surface area contributed by atoms with Gasteiger partial charge in [0, 0.05) is 32.7 Å². The number of carbonyl (C=O) groups excluding carboxylic acids is 1. The van der Waals surface area contributed by atoms with Gasteiger partial charge in [-0.2, -0.15) is 0 Å². The van der Waals surface area contributed by atoms with E-state index in [0.29, 0.717) is 12.5 Å². The quantitative estimate of drug-likeness (QED) is 0.590. The van der Waals surface area contributed by atoms with Gasteiger partial charge in [-0.15, -0.1) is 0 Å². The second kappa shape index (κ2) is 6.93. The fraction of sp³-hybridized carbons (Fsp3) is 0.917. The maximum Gasteiger partial charge on any atom is 0.234 e. The van der Waals surface area contributed by atoms with Gasteiger partial charge in [0.2, 0.25) is 5.91 Å². The van der Waals surface area contributed by atoms with Gasteiger partial charge in [0.05, 0.1) is 6.54 Å². The van der Waals surface area contributed by atoms with Gasteiger partial charge in [-0.25, -0.2) is 0 Å². The Hall–Kier alpha value is -0.650. The van der Waals surface area contributed by atoms with E-state index in [4.69, 9.17) is 0 Å². The summed E-state index contributed by atoms with van der Waals surface area (Å²) in [7, 11) is 0. The first-order valence-corrected chi connectivity index (χ1v) is 6.75. The number of hydrogen-bond donors (Lipinski definition) is 3. The number of rotatable bonds is 4. The molecule has 0 radical (unpaired) electrons. The molecule has 5 nitrogen and oxygen atoms in total. The van der Waals surface area contributed by atoms with Gasteiger partial charge in [-0.1, -0.05) is 0 Å². The van der Waals surface area contributed by atoms with Crippen molar-refractivity contribution in [2.45, 2.75) is 12.8 Å². The molecule has 17 heavy (non-hydrogen) atoms. The molecule has 0 bridgehead atoms. The Morgan fingerprint density at radius 2 is 1.76 bits per heavy atom. The molecule has 1 amide bonds. The average Bonchev–Trinajstić information content (AvgIpc) is 2.39. The van der Waals surface area contributed by atoms with Crippen LogP contribution in [0, 0.1) is 5.92 Å². The Kier molecular flexibility index (Phi) is 5.22. The van der Waals surface area contributed by atoms with Crippen LogP contribution in [0.5, 0.6) is 0 Å². The van der Waals surface area contributed by atoms with E-state index in [1.165, 1.54) is 12.8 Å². The Morgan fingerprint density at radius 1 is 1.12 bits per heavy atom. The second-order valence-electron chi connectivity index (χ2n) is 5.02. The van der Waals surface area contributed by atoms with Crippen LogP contribution in [0.4, 0.5) is 0 Å². The smallest absolute Gasteiger partial charge is 0.234 e. The third-order valence-electron chi connectivity index (χ3n) is 3.62. The van der Waals surface area contributed by atoms with Gasteiger partial charge in [0.15, 0.2) is 0 Å². The van der Waals surface area contributed by atoms with E-state index >= 15 is 0 Å². The minimum atomic E-state index is 0.186. The monoisotopic (exact) mass is 240 g/mol. The average molecular weight is 240 g/mol. The van der Waals surface area contributed by atoms with Crippen LogP contribution in [-0.2, 0) is 4.79 Å². The van der Waals surface area contributed by atoms with E-state index in [1.807, 2.05) is 0 Å². The molecule has 0 aromatic carbocycles. The first-order valence-electron chi connectivity index (χ1n) is 6.75. The lowest BCUT2D eigenvalue weighted by molar-refractivity contribution is -0.122. The van der Waals surface area contributed by atoms with E-state index in [0.717, 1.165) is 45.8 Å². The van der Waals surface area contributed by atoms with Crippen LogP contribution in [0.3, 0.4) is 0 Å². The summed E-state index contributed by atoms with van der Waals surface area (Å²) in [6, 6.07) is 0. The second-order valence-corrected chi connectivity index (χ2v) is 5.02. The molecule has 98 valence electrons. The summed E-state index contributed by atoms with van der Waals surface area (Å²) in [6.07, 6.45) is 2.38. The van der Waals surface area contributed by atoms with Crippen LogP contribution in [-0.4, -0.2) is 63.2 Å². The van der Waals surface area contributed by atoms with Crippen LogP contribution in [0.15, 0.2) is 0 Å². The molecule has 0 aromatic heterocycles. The summed E-state index contributed by atoms with van der Waals surface area (Å²) in [5, 5.41) is 9.70. The van der Waals surface area contributed by atoms with Gasteiger partial charge in [-0.05, 0) is 31.8 Å². The molecule has 3 N–H and O–H groups in total. The summed E-state index contributed by atoms with van der Waals surface area (Å²) in [5.41, 5.74) is 0. The molecule has 5 heteroatoms. The molecule has 2 aliphatic rings. The molecule has 0 spiro atoms. The van der Waals surface area contributed by atoms with Gasteiger partial charge in [0.25, 0.3) is 0 Å². The zero-order chi connectivity index (χ0) is 11.9. The Bertz CT molecular complexity index is 235. The fourth-order valence-electron chi connectivity index (χ4n) is 2.47. The summed E-state index contributed by atoms with van der Waals surface area (Å²) >= 11 is 0. The van der Waals surface area contributed by atoms with Gasteiger partial charge < -0.3 is 16.0 Å². The van der Waals surface area contributed by atoms with Crippen molar-refractivity contribution in [2.75, 3.05) is 52.4 Å². The molecule has 0 aromatic rings. The Labute approximate surface area is 103 Å². The van der Waals surface area contributed by atoms with Gasteiger partial charge in [-0.3, -0.25) is 9.69 Å². The molecule has 2 heterocycles. The van der Waals surface area contributed by atoms with Crippen molar-refractivity contribution in [3.8, 4) is 0 Å². The summed E-state index contributed by atoms with van der Waals surface area (Å²) in [5.74, 6) is 0.855. The minimum Gasteiger partial charge on any atom is -0.355 e. The molecule has 0 saturated carbocycles. The zero-order valence-corrected chi connectivity index (χ0v) is 10.5. The molecule has 0 unspecified atom stereocenters. The first kappa shape index (κ1) is 12.8. The fourth-order valence-corrected chi connectivity index (χ4v) is 2.47. The number of hydrogen-bond acceptors (Lipinski definition) is 4. The highest BCUT2D eigenvalue weighted by Gasteiger charge is 2.16. The summed E-state index contributed by atoms with van der Waals surface area (Å²) in [4.78, 5) is 14.0. The lowest BCUT2D eigenvalue weighted by atomic mass is 9.98. The molecule has 0 atom stereocenters. The Balaban J connectivity index is 1.59. The van der Waals surface area contributed by atoms with E-state index in [9.17, 15) is 4.79 Å². The number of amides is 1. The number of nitrogens with one attached hydrogen (secondary N) is 3. The normalized spacial score (nSPS) is 23.5. The van der Waals surface area contributed by atoms with E-state index in [2.05, 4.69) is 20.9 Å². The molecular weight excluding hydrogens is 216 g/mol. The third kappa shape index (κ3) is 4.61. The van der Waals surface area contributed by atoms with E-state index in [1.54, 1.807) is 0 Å². The highest BCUT2D eigenvalue weighted by molar-refractivity contribution is 5.78. The van der Waals surface area contributed by atoms with E-state index in [-0.39, 0.29) is 5.91 Å². The first-order chi connectivity index (χ1) is 8.34. The van der Waals surface area contributed by atoms with Crippen molar-refractivity contribution >= 4 is 5.91 Å². The van der Waals surface area contributed by atoms with Crippen molar-refractivity contribution in [3.63, 3.8) is 0 Å². The molecule has 0 aliphatic carbocycles. The maximum absolute atomic E-state index is 11.8. The number of carbonyl (C=O) groups is 1. The largest absolute Gasteiger partial charge is 0.355 e. The predicted octanol–water partition coefficient (Wildman–Crippen LogP) is -0.993. The van der Waals surface area contributed by atoms with Crippen molar-refractivity contribution < 1.29 is 4.79 Å². The van der Waals surface area contributed by atoms with Gasteiger partial charge in [0.1, 0.15) is 0 Å². The lowest BCUT2D eigenvalue weighted by Gasteiger charge is -2.27. The summed E-state index contributed by atoms with van der Waals surface area (Å²) in [6.45, 7) is 7.58. The van der Waals surface area contributed by atoms with Gasteiger partial charge >= 0.3 is 0 Å². The van der Waals surface area contributed by atoms with Crippen LogP contribution in [0.2, 0.25) is 0 Å². The lowest BCUT2D eigenvalue weighted by Crippen LogP contribution is -2.48. The molecule has 2 fully saturated rings. The topological polar surface area (TPSA) is 56.4 Å².